The molecule has 2 aromatic rings. The number of pyridine rings is 1. The fourth-order valence-corrected chi connectivity index (χ4v) is 1.89. The molecule has 1 N–H and O–H groups in total. The van der Waals surface area contributed by atoms with E-state index in [0.717, 1.165) is 11.4 Å². The molecule has 106 valence electrons. The van der Waals surface area contributed by atoms with Gasteiger partial charge in [0.1, 0.15) is 11.5 Å². The van der Waals surface area contributed by atoms with Gasteiger partial charge in [0.25, 0.3) is 0 Å². The van der Waals surface area contributed by atoms with E-state index in [4.69, 9.17) is 27.9 Å². The van der Waals surface area contributed by atoms with Crippen LogP contribution in [0.3, 0.4) is 0 Å². The van der Waals surface area contributed by atoms with Gasteiger partial charge in [-0.25, -0.2) is 0 Å². The number of hydrogen-bond acceptors (Lipinski definition) is 3. The van der Waals surface area contributed by atoms with Crippen molar-refractivity contribution in [1.29, 1.82) is 0 Å². The van der Waals surface area contributed by atoms with E-state index in [-0.39, 0.29) is 0 Å². The summed E-state index contributed by atoms with van der Waals surface area (Å²) in [6.45, 7) is 4.89. The van der Waals surface area contributed by atoms with Gasteiger partial charge in [0.15, 0.2) is 0 Å². The van der Waals surface area contributed by atoms with Crippen LogP contribution in [0.5, 0.6) is 11.5 Å². The van der Waals surface area contributed by atoms with Gasteiger partial charge in [0.05, 0.1) is 15.7 Å². The highest BCUT2D eigenvalue weighted by atomic mass is 35.5. The number of nitrogens with zero attached hydrogens (tertiary/aromatic N) is 1. The highest BCUT2D eigenvalue weighted by Crippen LogP contribution is 2.29. The number of halogens is 2. The number of hydrogen-bond donors (Lipinski definition) is 1. The van der Waals surface area contributed by atoms with Crippen LogP contribution in [-0.4, -0.2) is 11.0 Å². The van der Waals surface area contributed by atoms with Crippen LogP contribution in [-0.2, 0) is 6.54 Å². The lowest BCUT2D eigenvalue weighted by Crippen LogP contribution is -2.22. The first-order valence-electron chi connectivity index (χ1n) is 6.36. The van der Waals surface area contributed by atoms with Gasteiger partial charge in [-0.05, 0) is 18.2 Å². The minimum absolute atomic E-state index is 0.413. The third kappa shape index (κ3) is 4.37. The molecule has 0 spiro atoms. The Balaban J connectivity index is 2.08. The van der Waals surface area contributed by atoms with Gasteiger partial charge < -0.3 is 10.1 Å². The standard InChI is InChI=1S/C15H16Cl2N2O/c1-10(2)19-9-11-7-13(5-6-18-11)20-12-3-4-14(16)15(17)8-12/h3-8,10,19H,9H2,1-2H3. The van der Waals surface area contributed by atoms with Crippen LogP contribution in [0, 0.1) is 0 Å². The second-order valence-electron chi connectivity index (χ2n) is 4.70. The summed E-state index contributed by atoms with van der Waals surface area (Å²) >= 11 is 11.8. The molecule has 1 heterocycles. The van der Waals surface area contributed by atoms with Crippen molar-refractivity contribution < 1.29 is 4.74 Å². The quantitative estimate of drug-likeness (QED) is 0.870. The topological polar surface area (TPSA) is 34.1 Å². The summed E-state index contributed by atoms with van der Waals surface area (Å²) in [6, 6.07) is 9.30. The molecular weight excluding hydrogens is 295 g/mol. The summed E-state index contributed by atoms with van der Waals surface area (Å²) in [7, 11) is 0. The first-order valence-corrected chi connectivity index (χ1v) is 7.11. The number of aromatic nitrogens is 1. The van der Waals surface area contributed by atoms with Gasteiger partial charge in [0.2, 0.25) is 0 Å². The van der Waals surface area contributed by atoms with Crippen molar-refractivity contribution >= 4 is 23.2 Å². The van der Waals surface area contributed by atoms with Crippen LogP contribution in [0.4, 0.5) is 0 Å². The molecule has 0 atom stereocenters. The molecule has 0 saturated heterocycles. The molecule has 5 heteroatoms. The van der Waals surface area contributed by atoms with Gasteiger partial charge in [-0.2, -0.15) is 0 Å². The predicted molar refractivity (Wildman–Crippen MR) is 82.7 cm³/mol. The van der Waals surface area contributed by atoms with Crippen LogP contribution in [0.2, 0.25) is 10.0 Å². The Morgan fingerprint density at radius 1 is 1.10 bits per heavy atom. The molecule has 2 rings (SSSR count). The van der Waals surface area contributed by atoms with Crippen molar-refractivity contribution in [3.63, 3.8) is 0 Å². The van der Waals surface area contributed by atoms with Crippen LogP contribution < -0.4 is 10.1 Å². The minimum Gasteiger partial charge on any atom is -0.457 e. The Kier molecular flexibility index (Phi) is 5.24. The Morgan fingerprint density at radius 3 is 2.55 bits per heavy atom. The van der Waals surface area contributed by atoms with E-state index in [1.807, 2.05) is 6.07 Å². The molecule has 1 aromatic carbocycles. The summed E-state index contributed by atoms with van der Waals surface area (Å²) in [6.07, 6.45) is 1.73. The Morgan fingerprint density at radius 2 is 1.85 bits per heavy atom. The lowest BCUT2D eigenvalue weighted by atomic mass is 10.3. The van der Waals surface area contributed by atoms with E-state index in [0.29, 0.717) is 28.4 Å². The Labute approximate surface area is 128 Å². The van der Waals surface area contributed by atoms with E-state index in [2.05, 4.69) is 24.1 Å². The predicted octanol–water partition coefficient (Wildman–Crippen LogP) is 4.68. The zero-order chi connectivity index (χ0) is 14.5. The fraction of sp³-hybridized carbons (Fsp3) is 0.267. The summed E-state index contributed by atoms with van der Waals surface area (Å²) in [5.41, 5.74) is 0.927. The maximum atomic E-state index is 5.96. The van der Waals surface area contributed by atoms with E-state index in [9.17, 15) is 0 Å². The first-order chi connectivity index (χ1) is 9.54. The van der Waals surface area contributed by atoms with Crippen molar-refractivity contribution in [1.82, 2.24) is 10.3 Å². The zero-order valence-electron chi connectivity index (χ0n) is 11.4. The van der Waals surface area contributed by atoms with Crippen LogP contribution in [0.25, 0.3) is 0 Å². The zero-order valence-corrected chi connectivity index (χ0v) is 12.9. The molecule has 20 heavy (non-hydrogen) atoms. The highest BCUT2D eigenvalue weighted by molar-refractivity contribution is 6.42. The fourth-order valence-electron chi connectivity index (χ4n) is 1.60. The third-order valence-electron chi connectivity index (χ3n) is 2.61. The summed E-state index contributed by atoms with van der Waals surface area (Å²) in [4.78, 5) is 4.29. The molecule has 0 fully saturated rings. The van der Waals surface area contributed by atoms with Crippen molar-refractivity contribution in [3.05, 3.63) is 52.3 Å². The number of nitrogens with one attached hydrogen (secondary N) is 1. The SMILES string of the molecule is CC(C)NCc1cc(Oc2ccc(Cl)c(Cl)c2)ccn1. The molecule has 0 aliphatic rings. The lowest BCUT2D eigenvalue weighted by molar-refractivity contribution is 0.479. The van der Waals surface area contributed by atoms with Crippen LogP contribution >= 0.6 is 23.2 Å². The molecule has 0 radical (unpaired) electrons. The average Bonchev–Trinajstić information content (AvgIpc) is 2.41. The maximum Gasteiger partial charge on any atom is 0.130 e. The second kappa shape index (κ2) is 6.93. The maximum absolute atomic E-state index is 5.96. The second-order valence-corrected chi connectivity index (χ2v) is 5.51. The first kappa shape index (κ1) is 15.1. The van der Waals surface area contributed by atoms with Gasteiger partial charge in [-0.15, -0.1) is 0 Å². The smallest absolute Gasteiger partial charge is 0.130 e. The summed E-state index contributed by atoms with van der Waals surface area (Å²) in [5, 5.41) is 4.29. The van der Waals surface area contributed by atoms with Crippen LogP contribution in [0.15, 0.2) is 36.5 Å². The molecule has 0 aliphatic carbocycles. The van der Waals surface area contributed by atoms with E-state index in [1.54, 1.807) is 30.5 Å². The van der Waals surface area contributed by atoms with Gasteiger partial charge in [0, 0.05) is 30.9 Å². The molecule has 0 bridgehead atoms. The third-order valence-corrected chi connectivity index (χ3v) is 3.35. The molecule has 3 nitrogen and oxygen atoms in total. The molecular formula is C15H16Cl2N2O. The molecule has 0 aliphatic heterocycles. The minimum atomic E-state index is 0.413. The van der Waals surface area contributed by atoms with Gasteiger partial charge >= 0.3 is 0 Å². The van der Waals surface area contributed by atoms with E-state index < -0.39 is 0 Å². The van der Waals surface area contributed by atoms with Gasteiger partial charge in [-0.3, -0.25) is 4.98 Å². The molecule has 0 amide bonds. The van der Waals surface area contributed by atoms with Crippen molar-refractivity contribution in [2.75, 3.05) is 0 Å². The Bertz CT molecular complexity index is 588. The normalized spacial score (nSPS) is 10.8. The number of ether oxygens (including phenoxy) is 1. The largest absolute Gasteiger partial charge is 0.457 e. The van der Waals surface area contributed by atoms with E-state index in [1.165, 1.54) is 0 Å². The Hall–Kier alpha value is -1.29. The number of rotatable bonds is 5. The highest BCUT2D eigenvalue weighted by Gasteiger charge is 2.04. The van der Waals surface area contributed by atoms with Crippen molar-refractivity contribution in [2.24, 2.45) is 0 Å². The van der Waals surface area contributed by atoms with Gasteiger partial charge in [-0.1, -0.05) is 37.0 Å². The molecule has 0 unspecified atom stereocenters. The summed E-state index contributed by atoms with van der Waals surface area (Å²) in [5.74, 6) is 1.37. The van der Waals surface area contributed by atoms with Crippen molar-refractivity contribution in [2.45, 2.75) is 26.4 Å². The summed E-state index contributed by atoms with van der Waals surface area (Å²) < 4.78 is 5.75. The van der Waals surface area contributed by atoms with Crippen LogP contribution in [0.1, 0.15) is 19.5 Å². The number of benzene rings is 1. The van der Waals surface area contributed by atoms with E-state index >= 15 is 0 Å². The van der Waals surface area contributed by atoms with Crippen molar-refractivity contribution in [3.8, 4) is 11.5 Å². The monoisotopic (exact) mass is 310 g/mol. The lowest BCUT2D eigenvalue weighted by Gasteiger charge is -2.10. The average molecular weight is 311 g/mol. The molecule has 0 saturated carbocycles. The molecule has 1 aromatic heterocycles.